The van der Waals surface area contributed by atoms with E-state index in [1.54, 1.807) is 6.07 Å². The van der Waals surface area contributed by atoms with Crippen LogP contribution in [0.15, 0.2) is 42.5 Å². The van der Waals surface area contributed by atoms with E-state index in [0.717, 1.165) is 33.5 Å². The fraction of sp³-hybridized carbons (Fsp3) is 0.182. The maximum absolute atomic E-state index is 12.3. The van der Waals surface area contributed by atoms with Crippen LogP contribution in [-0.4, -0.2) is 26.4 Å². The van der Waals surface area contributed by atoms with Crippen molar-refractivity contribution in [3.05, 3.63) is 75.0 Å². The highest BCUT2D eigenvalue weighted by molar-refractivity contribution is 6.35. The normalized spacial score (nSPS) is 11.1. The van der Waals surface area contributed by atoms with E-state index in [1.165, 1.54) is 12.1 Å². The summed E-state index contributed by atoms with van der Waals surface area (Å²) in [4.78, 5) is 29.3. The standard InChI is InChI=1S/C22H19Cl2N5O2/c1-12-15(13(2)29-21(25-12)16-5-3-4-6-19(16)28-29)8-10-20(30)26-27-22(31)17-11-14(23)7-9-18(17)24/h3-7,9,11H,8,10H2,1-2H3,(H,26,30)(H,27,31). The number of amides is 2. The minimum atomic E-state index is -0.542. The second kappa shape index (κ2) is 8.53. The lowest BCUT2D eigenvalue weighted by Gasteiger charge is -2.12. The topological polar surface area (TPSA) is 88.4 Å². The number of hydrogen-bond donors (Lipinski definition) is 2. The number of aromatic nitrogens is 3. The van der Waals surface area contributed by atoms with Crippen molar-refractivity contribution < 1.29 is 9.59 Å². The predicted octanol–water partition coefficient (Wildman–Crippen LogP) is 4.20. The van der Waals surface area contributed by atoms with Crippen LogP contribution in [0.2, 0.25) is 10.0 Å². The Kier molecular flexibility index (Phi) is 5.80. The lowest BCUT2D eigenvalue weighted by molar-refractivity contribution is -0.121. The molecule has 9 heteroatoms. The molecule has 0 saturated carbocycles. The van der Waals surface area contributed by atoms with Gasteiger partial charge in [0.05, 0.1) is 16.1 Å². The average Bonchev–Trinajstić information content (AvgIpc) is 3.12. The van der Waals surface area contributed by atoms with Gasteiger partial charge in [0.15, 0.2) is 5.65 Å². The van der Waals surface area contributed by atoms with E-state index in [-0.39, 0.29) is 22.9 Å². The molecule has 31 heavy (non-hydrogen) atoms. The van der Waals surface area contributed by atoms with E-state index in [0.29, 0.717) is 11.4 Å². The van der Waals surface area contributed by atoms with Gasteiger partial charge >= 0.3 is 0 Å². The summed E-state index contributed by atoms with van der Waals surface area (Å²) in [7, 11) is 0. The lowest BCUT2D eigenvalue weighted by Crippen LogP contribution is -2.41. The van der Waals surface area contributed by atoms with Crippen LogP contribution in [0.3, 0.4) is 0 Å². The maximum atomic E-state index is 12.3. The zero-order valence-corrected chi connectivity index (χ0v) is 18.4. The minimum Gasteiger partial charge on any atom is -0.273 e. The van der Waals surface area contributed by atoms with Crippen LogP contribution >= 0.6 is 23.2 Å². The fourth-order valence-corrected chi connectivity index (χ4v) is 3.88. The molecule has 158 valence electrons. The average molecular weight is 456 g/mol. The van der Waals surface area contributed by atoms with Gasteiger partial charge in [-0.05, 0) is 56.2 Å². The van der Waals surface area contributed by atoms with Gasteiger partial charge < -0.3 is 0 Å². The molecule has 2 heterocycles. The quantitative estimate of drug-likeness (QED) is 0.451. The number of carbonyl (C=O) groups excluding carboxylic acids is 2. The van der Waals surface area contributed by atoms with Crippen LogP contribution in [0.4, 0.5) is 0 Å². The zero-order valence-electron chi connectivity index (χ0n) is 16.9. The van der Waals surface area contributed by atoms with Crippen LogP contribution in [0.1, 0.15) is 33.7 Å². The molecule has 7 nitrogen and oxygen atoms in total. The molecule has 2 N–H and O–H groups in total. The first-order chi connectivity index (χ1) is 14.8. The number of nitrogens with zero attached hydrogens (tertiary/aromatic N) is 3. The van der Waals surface area contributed by atoms with Crippen molar-refractivity contribution in [2.45, 2.75) is 26.7 Å². The number of hydrogen-bond acceptors (Lipinski definition) is 4. The molecule has 0 aliphatic carbocycles. The monoisotopic (exact) mass is 455 g/mol. The van der Waals surface area contributed by atoms with Crippen molar-refractivity contribution in [2.75, 3.05) is 0 Å². The molecule has 0 spiro atoms. The number of fused-ring (bicyclic) bond motifs is 3. The van der Waals surface area contributed by atoms with Gasteiger partial charge in [0, 0.05) is 28.2 Å². The Morgan fingerprint density at radius 3 is 2.65 bits per heavy atom. The van der Waals surface area contributed by atoms with Crippen LogP contribution in [-0.2, 0) is 11.2 Å². The summed E-state index contributed by atoms with van der Waals surface area (Å²) in [5.41, 5.74) is 9.35. The first kappa shape index (κ1) is 21.1. The van der Waals surface area contributed by atoms with E-state index >= 15 is 0 Å². The molecule has 2 amide bonds. The van der Waals surface area contributed by atoms with Gasteiger partial charge in [-0.2, -0.15) is 5.10 Å². The van der Waals surface area contributed by atoms with Crippen molar-refractivity contribution in [1.29, 1.82) is 0 Å². The molecule has 0 bridgehead atoms. The third-order valence-electron chi connectivity index (χ3n) is 5.11. The van der Waals surface area contributed by atoms with Gasteiger partial charge in [-0.3, -0.25) is 20.4 Å². The van der Waals surface area contributed by atoms with E-state index in [2.05, 4.69) is 16.0 Å². The third-order valence-corrected chi connectivity index (χ3v) is 5.67. The molecule has 0 aliphatic rings. The Balaban J connectivity index is 1.45. The highest BCUT2D eigenvalue weighted by atomic mass is 35.5. The van der Waals surface area contributed by atoms with E-state index in [9.17, 15) is 9.59 Å². The van der Waals surface area contributed by atoms with Crippen LogP contribution < -0.4 is 10.9 Å². The van der Waals surface area contributed by atoms with Crippen molar-refractivity contribution >= 4 is 51.6 Å². The van der Waals surface area contributed by atoms with Crippen molar-refractivity contribution in [2.24, 2.45) is 0 Å². The van der Waals surface area contributed by atoms with E-state index < -0.39 is 5.91 Å². The molecule has 0 atom stereocenters. The van der Waals surface area contributed by atoms with E-state index in [1.807, 2.05) is 42.6 Å². The molecule has 0 fully saturated rings. The minimum absolute atomic E-state index is 0.166. The molecule has 0 unspecified atom stereocenters. The Hall–Kier alpha value is -3.16. The first-order valence-electron chi connectivity index (χ1n) is 9.63. The summed E-state index contributed by atoms with van der Waals surface area (Å²) < 4.78 is 1.81. The number of aryl methyl sites for hydroxylation is 2. The zero-order chi connectivity index (χ0) is 22.1. The number of benzene rings is 2. The molecule has 2 aromatic carbocycles. The fourth-order valence-electron chi connectivity index (χ4n) is 3.50. The van der Waals surface area contributed by atoms with Gasteiger partial charge in [-0.1, -0.05) is 35.3 Å². The molecule has 4 aromatic rings. The van der Waals surface area contributed by atoms with Crippen molar-refractivity contribution in [1.82, 2.24) is 25.4 Å². The van der Waals surface area contributed by atoms with E-state index in [4.69, 9.17) is 28.2 Å². The van der Waals surface area contributed by atoms with Crippen LogP contribution in [0, 0.1) is 13.8 Å². The van der Waals surface area contributed by atoms with Crippen LogP contribution in [0.5, 0.6) is 0 Å². The Morgan fingerprint density at radius 2 is 1.84 bits per heavy atom. The largest absolute Gasteiger partial charge is 0.273 e. The highest BCUT2D eigenvalue weighted by Crippen LogP contribution is 2.23. The van der Waals surface area contributed by atoms with Gasteiger partial charge in [0.25, 0.3) is 5.91 Å². The predicted molar refractivity (Wildman–Crippen MR) is 120 cm³/mol. The Labute approximate surface area is 188 Å². The third kappa shape index (κ3) is 4.19. The highest BCUT2D eigenvalue weighted by Gasteiger charge is 2.16. The Morgan fingerprint density at radius 1 is 1.06 bits per heavy atom. The lowest BCUT2D eigenvalue weighted by atomic mass is 10.1. The molecule has 0 radical (unpaired) electrons. The van der Waals surface area contributed by atoms with Gasteiger partial charge in [-0.25, -0.2) is 9.50 Å². The summed E-state index contributed by atoms with van der Waals surface area (Å²) in [5, 5.41) is 6.23. The summed E-state index contributed by atoms with van der Waals surface area (Å²) in [6.07, 6.45) is 0.621. The van der Waals surface area contributed by atoms with Gasteiger partial charge in [0.2, 0.25) is 5.91 Å². The molecule has 0 saturated heterocycles. The smallest absolute Gasteiger partial charge is 0.271 e. The summed E-state index contributed by atoms with van der Waals surface area (Å²) >= 11 is 11.9. The first-order valence-corrected chi connectivity index (χ1v) is 10.4. The Bertz CT molecular complexity index is 1330. The second-order valence-corrected chi connectivity index (χ2v) is 7.98. The molecular formula is C22H19Cl2N5O2. The number of rotatable bonds is 4. The maximum Gasteiger partial charge on any atom is 0.271 e. The van der Waals surface area contributed by atoms with Crippen molar-refractivity contribution in [3.63, 3.8) is 0 Å². The SMILES string of the molecule is Cc1nc2c3ccccc3nn2c(C)c1CCC(=O)NNC(=O)c1cc(Cl)ccc1Cl. The summed E-state index contributed by atoms with van der Waals surface area (Å²) in [5.74, 6) is -0.879. The number of halogens is 2. The van der Waals surface area contributed by atoms with Gasteiger partial charge in [0.1, 0.15) is 0 Å². The number of carbonyl (C=O) groups is 2. The molecule has 0 aliphatic heterocycles. The molecule has 2 aromatic heterocycles. The molecular weight excluding hydrogens is 437 g/mol. The van der Waals surface area contributed by atoms with Crippen LogP contribution in [0.25, 0.3) is 16.6 Å². The molecule has 4 rings (SSSR count). The summed E-state index contributed by atoms with van der Waals surface area (Å²) in [6.45, 7) is 3.88. The van der Waals surface area contributed by atoms with Gasteiger partial charge in [-0.15, -0.1) is 0 Å². The van der Waals surface area contributed by atoms with Crippen molar-refractivity contribution in [3.8, 4) is 0 Å². The number of hydrazine groups is 1. The summed E-state index contributed by atoms with van der Waals surface area (Å²) in [6, 6.07) is 12.4. The number of nitrogens with one attached hydrogen (secondary N) is 2. The second-order valence-electron chi connectivity index (χ2n) is 7.14.